The third kappa shape index (κ3) is 1.95. The first kappa shape index (κ1) is 10.8. The van der Waals surface area contributed by atoms with Gasteiger partial charge in [-0.25, -0.2) is 0 Å². The molecule has 0 fully saturated rings. The lowest BCUT2D eigenvalue weighted by atomic mass is 9.77. The molecular weight excluding hydrogens is 236 g/mol. The van der Waals surface area contributed by atoms with Crippen LogP contribution in [0.25, 0.3) is 0 Å². The number of nitrogens with zero attached hydrogens (tertiary/aromatic N) is 2. The van der Waals surface area contributed by atoms with Gasteiger partial charge in [0.2, 0.25) is 11.8 Å². The van der Waals surface area contributed by atoms with E-state index in [1.165, 1.54) is 11.1 Å². The van der Waals surface area contributed by atoms with Crippen LogP contribution >= 0.6 is 11.6 Å². The number of benzene rings is 1. The maximum atomic E-state index is 5.67. The van der Waals surface area contributed by atoms with Crippen molar-refractivity contribution in [2.75, 3.05) is 5.88 Å². The summed E-state index contributed by atoms with van der Waals surface area (Å²) in [5, 5.41) is 8.18. The monoisotopic (exact) mass is 248 g/mol. The molecular formula is C13H13ClN2O. The largest absolute Gasteiger partial charge is 0.425 e. The molecule has 1 aromatic carbocycles. The van der Waals surface area contributed by atoms with Crippen LogP contribution in [-0.2, 0) is 12.8 Å². The molecule has 3 nitrogen and oxygen atoms in total. The Morgan fingerprint density at radius 3 is 3.00 bits per heavy atom. The van der Waals surface area contributed by atoms with Gasteiger partial charge in [0.1, 0.15) is 0 Å². The van der Waals surface area contributed by atoms with Gasteiger partial charge >= 0.3 is 0 Å². The summed E-state index contributed by atoms with van der Waals surface area (Å²) >= 11 is 5.64. The highest BCUT2D eigenvalue weighted by Gasteiger charge is 2.31. The summed E-state index contributed by atoms with van der Waals surface area (Å²) in [5.41, 5.74) is 2.71. The van der Waals surface area contributed by atoms with Gasteiger partial charge in [-0.15, -0.1) is 21.8 Å². The van der Waals surface area contributed by atoms with Gasteiger partial charge in [-0.05, 0) is 24.0 Å². The van der Waals surface area contributed by atoms with Gasteiger partial charge in [-0.2, -0.15) is 0 Å². The summed E-state index contributed by atoms with van der Waals surface area (Å²) in [6.07, 6.45) is 2.66. The summed E-state index contributed by atoms with van der Waals surface area (Å²) < 4.78 is 5.67. The van der Waals surface area contributed by atoms with Crippen LogP contribution in [0, 0.1) is 0 Å². The summed E-state index contributed by atoms with van der Waals surface area (Å²) in [7, 11) is 0. The van der Waals surface area contributed by atoms with Gasteiger partial charge in [0.25, 0.3) is 0 Å². The molecule has 88 valence electrons. The molecule has 1 atom stereocenters. The van der Waals surface area contributed by atoms with E-state index >= 15 is 0 Å². The first-order chi connectivity index (χ1) is 8.38. The molecule has 0 amide bonds. The van der Waals surface area contributed by atoms with E-state index in [-0.39, 0.29) is 0 Å². The normalized spacial score (nSPS) is 17.6. The highest BCUT2D eigenvalue weighted by molar-refractivity contribution is 6.17. The fourth-order valence-corrected chi connectivity index (χ4v) is 2.34. The zero-order valence-corrected chi connectivity index (χ0v) is 10.2. The Kier molecular flexibility index (Phi) is 2.85. The van der Waals surface area contributed by atoms with E-state index in [1.54, 1.807) is 0 Å². The third-order valence-corrected chi connectivity index (χ3v) is 3.43. The first-order valence-corrected chi connectivity index (χ1v) is 6.38. The van der Waals surface area contributed by atoms with Gasteiger partial charge in [-0.1, -0.05) is 24.3 Å². The van der Waals surface area contributed by atoms with Crippen molar-refractivity contribution in [1.82, 2.24) is 10.2 Å². The van der Waals surface area contributed by atoms with E-state index in [4.69, 9.17) is 16.0 Å². The van der Waals surface area contributed by atoms with Gasteiger partial charge < -0.3 is 4.42 Å². The predicted octanol–water partition coefficient (Wildman–Crippen LogP) is 2.93. The highest BCUT2D eigenvalue weighted by Crippen LogP contribution is 2.39. The minimum Gasteiger partial charge on any atom is -0.425 e. The molecule has 0 N–H and O–H groups in total. The van der Waals surface area contributed by atoms with Crippen molar-refractivity contribution in [3.05, 3.63) is 47.2 Å². The molecule has 1 unspecified atom stereocenters. The van der Waals surface area contributed by atoms with Crippen LogP contribution in [0.3, 0.4) is 0 Å². The SMILES string of the molecule is ClCCCc1nnc(C2Cc3ccccc32)o1. The number of fused-ring (bicyclic) bond motifs is 1. The van der Waals surface area contributed by atoms with Crippen LogP contribution in [0.5, 0.6) is 0 Å². The van der Waals surface area contributed by atoms with Crippen molar-refractivity contribution < 1.29 is 4.42 Å². The zero-order valence-electron chi connectivity index (χ0n) is 9.40. The molecule has 1 aromatic heterocycles. The standard InChI is InChI=1S/C13H13ClN2O/c14-7-3-6-12-15-16-13(17-12)11-8-9-4-1-2-5-10(9)11/h1-2,4-5,11H,3,6-8H2. The average molecular weight is 249 g/mol. The molecule has 0 spiro atoms. The number of hydrogen-bond donors (Lipinski definition) is 0. The molecule has 4 heteroatoms. The van der Waals surface area contributed by atoms with E-state index in [2.05, 4.69) is 34.5 Å². The Labute approximate surface area is 105 Å². The number of alkyl halides is 1. The molecule has 2 aromatic rings. The van der Waals surface area contributed by atoms with E-state index in [0.717, 1.165) is 25.2 Å². The number of aromatic nitrogens is 2. The van der Waals surface area contributed by atoms with Crippen molar-refractivity contribution in [3.63, 3.8) is 0 Å². The van der Waals surface area contributed by atoms with Gasteiger partial charge in [-0.3, -0.25) is 0 Å². The molecule has 1 aliphatic rings. The maximum Gasteiger partial charge on any atom is 0.224 e. The Balaban J connectivity index is 1.76. The smallest absolute Gasteiger partial charge is 0.224 e. The van der Waals surface area contributed by atoms with Crippen LogP contribution in [-0.4, -0.2) is 16.1 Å². The summed E-state index contributed by atoms with van der Waals surface area (Å²) in [4.78, 5) is 0. The van der Waals surface area contributed by atoms with E-state index in [9.17, 15) is 0 Å². The third-order valence-electron chi connectivity index (χ3n) is 3.16. The molecule has 0 saturated heterocycles. The van der Waals surface area contributed by atoms with Crippen LogP contribution in [0.1, 0.15) is 35.2 Å². The maximum absolute atomic E-state index is 5.67. The van der Waals surface area contributed by atoms with E-state index < -0.39 is 0 Å². The molecule has 0 aliphatic heterocycles. The molecule has 17 heavy (non-hydrogen) atoms. The topological polar surface area (TPSA) is 38.9 Å². The quantitative estimate of drug-likeness (QED) is 0.781. The van der Waals surface area contributed by atoms with Crippen LogP contribution < -0.4 is 0 Å². The Bertz CT molecular complexity index is 524. The minimum absolute atomic E-state index is 0.295. The number of rotatable bonds is 4. The van der Waals surface area contributed by atoms with Gasteiger partial charge in [0.05, 0.1) is 5.92 Å². The first-order valence-electron chi connectivity index (χ1n) is 5.84. The summed E-state index contributed by atoms with van der Waals surface area (Å²) in [6, 6.07) is 8.40. The molecule has 1 heterocycles. The predicted molar refractivity (Wildman–Crippen MR) is 65.3 cm³/mol. The van der Waals surface area contributed by atoms with Crippen LogP contribution in [0.4, 0.5) is 0 Å². The number of aryl methyl sites for hydroxylation is 1. The second-order valence-corrected chi connectivity index (χ2v) is 4.66. The second kappa shape index (κ2) is 4.49. The Hall–Kier alpha value is -1.35. The van der Waals surface area contributed by atoms with E-state index in [1.807, 2.05) is 0 Å². The van der Waals surface area contributed by atoms with Gasteiger partial charge in [0.15, 0.2) is 0 Å². The lowest BCUT2D eigenvalue weighted by Gasteiger charge is -2.26. The Morgan fingerprint density at radius 1 is 1.29 bits per heavy atom. The molecule has 0 bridgehead atoms. The lowest BCUT2D eigenvalue weighted by molar-refractivity contribution is 0.417. The summed E-state index contributed by atoms with van der Waals surface area (Å²) in [6.45, 7) is 0. The lowest BCUT2D eigenvalue weighted by Crippen LogP contribution is -2.18. The van der Waals surface area contributed by atoms with Crippen molar-refractivity contribution >= 4 is 11.6 Å². The Morgan fingerprint density at radius 2 is 2.18 bits per heavy atom. The zero-order chi connectivity index (χ0) is 11.7. The molecule has 3 rings (SSSR count). The fourth-order valence-electron chi connectivity index (χ4n) is 2.21. The molecule has 0 radical (unpaired) electrons. The summed E-state index contributed by atoms with van der Waals surface area (Å²) in [5.74, 6) is 2.37. The number of hydrogen-bond acceptors (Lipinski definition) is 3. The average Bonchev–Trinajstić information content (AvgIpc) is 2.76. The van der Waals surface area contributed by atoms with Crippen LogP contribution in [0.2, 0.25) is 0 Å². The fraction of sp³-hybridized carbons (Fsp3) is 0.385. The second-order valence-electron chi connectivity index (χ2n) is 4.28. The van der Waals surface area contributed by atoms with Crippen LogP contribution in [0.15, 0.2) is 28.7 Å². The number of halogens is 1. The molecule has 1 aliphatic carbocycles. The highest BCUT2D eigenvalue weighted by atomic mass is 35.5. The van der Waals surface area contributed by atoms with Crippen molar-refractivity contribution in [2.24, 2.45) is 0 Å². The van der Waals surface area contributed by atoms with Crippen molar-refractivity contribution in [3.8, 4) is 0 Å². The van der Waals surface area contributed by atoms with Crippen molar-refractivity contribution in [2.45, 2.75) is 25.2 Å². The van der Waals surface area contributed by atoms with E-state index in [0.29, 0.717) is 17.7 Å². The minimum atomic E-state index is 0.295. The molecule has 0 saturated carbocycles. The van der Waals surface area contributed by atoms with Crippen molar-refractivity contribution in [1.29, 1.82) is 0 Å². The van der Waals surface area contributed by atoms with Gasteiger partial charge in [0, 0.05) is 12.3 Å².